The van der Waals surface area contributed by atoms with Gasteiger partial charge < -0.3 is 10.1 Å². The Balaban J connectivity index is 2.55. The van der Waals surface area contributed by atoms with Crippen molar-refractivity contribution >= 4 is 15.7 Å². The largest absolute Gasteiger partial charge is 0.438 e. The van der Waals surface area contributed by atoms with Gasteiger partial charge in [-0.1, -0.05) is 45.0 Å². The van der Waals surface area contributed by atoms with Gasteiger partial charge in [0.25, 0.3) is 5.91 Å². The van der Waals surface area contributed by atoms with E-state index in [-0.39, 0.29) is 11.4 Å². The molecule has 1 amide bonds. The number of benzene rings is 1. The van der Waals surface area contributed by atoms with Gasteiger partial charge in [-0.3, -0.25) is 4.79 Å². The minimum absolute atomic E-state index is 0.158. The zero-order chi connectivity index (χ0) is 25.3. The number of nitrogens with zero attached hydrogens (tertiary/aromatic N) is 2. The van der Waals surface area contributed by atoms with Crippen LogP contribution in [0.15, 0.2) is 47.9 Å². The predicted octanol–water partition coefficient (Wildman–Crippen LogP) is 3.24. The molecule has 1 aromatic heterocycles. The summed E-state index contributed by atoms with van der Waals surface area (Å²) in [7, 11) is -3.39. The molecule has 1 N–H and O–H groups in total. The van der Waals surface area contributed by atoms with Crippen LogP contribution in [-0.2, 0) is 15.3 Å². The molecule has 8 heteroatoms. The monoisotopic (exact) mass is 408 g/mol. The molecule has 1 atom stereocenters. The maximum Gasteiger partial charge on any atom is 0.258 e. The quantitative estimate of drug-likeness (QED) is 0.788. The van der Waals surface area contributed by atoms with Crippen LogP contribution in [0, 0.1) is 0 Å². The van der Waals surface area contributed by atoms with E-state index in [4.69, 9.17) is 11.6 Å². The molecule has 1 heterocycles. The topological polar surface area (TPSA) is 98.2 Å². The van der Waals surface area contributed by atoms with Crippen molar-refractivity contribution in [2.45, 2.75) is 39.2 Å². The Morgan fingerprint density at radius 1 is 1.29 bits per heavy atom. The van der Waals surface area contributed by atoms with Crippen LogP contribution < -0.4 is 10.1 Å². The predicted molar refractivity (Wildman–Crippen MR) is 108 cm³/mol. The number of hydrogen-bond donors (Lipinski definition) is 1. The first kappa shape index (κ1) is 15.2. The molecular formula is C20H25N3O4S. The van der Waals surface area contributed by atoms with Crippen LogP contribution in [0.1, 0.15) is 50.7 Å². The molecule has 0 fully saturated rings. The van der Waals surface area contributed by atoms with E-state index < -0.39 is 63.2 Å². The number of para-hydroxylation sites is 1. The van der Waals surface area contributed by atoms with Crippen molar-refractivity contribution in [3.63, 3.8) is 0 Å². The molecule has 1 unspecified atom stereocenters. The molecule has 0 aliphatic carbocycles. The molecule has 7 nitrogen and oxygen atoms in total. The molecule has 150 valence electrons. The first-order valence-corrected chi connectivity index (χ1v) is 10.3. The van der Waals surface area contributed by atoms with E-state index >= 15 is 0 Å². The Kier molecular flexibility index (Phi) is 4.63. The summed E-state index contributed by atoms with van der Waals surface area (Å²) in [5.74, 6) is -1.20. The highest BCUT2D eigenvalue weighted by Crippen LogP contribution is 2.26. The third-order valence-electron chi connectivity index (χ3n) is 3.32. The van der Waals surface area contributed by atoms with Gasteiger partial charge in [0.1, 0.15) is 17.1 Å². The standard InChI is InChI=1S/C20H25N3O4S/c1-14(11-12-28(5,25)26)22-17(24)16-13-21-19(20(2,3)4)23-18(16)27-15-9-7-6-8-10-15/h6-14H,1-5H3,(H,22,24)/i6D,7D,8D,9D,10D. The summed E-state index contributed by atoms with van der Waals surface area (Å²) in [5.41, 5.74) is -0.701. The summed E-state index contributed by atoms with van der Waals surface area (Å²) in [6.07, 6.45) is 3.51. The van der Waals surface area contributed by atoms with Crippen molar-refractivity contribution in [3.8, 4) is 11.6 Å². The van der Waals surface area contributed by atoms with Gasteiger partial charge in [0, 0.05) is 29.3 Å². The molecule has 0 spiro atoms. The van der Waals surface area contributed by atoms with Gasteiger partial charge in [-0.05, 0) is 19.0 Å². The Morgan fingerprint density at radius 2 is 1.93 bits per heavy atom. The van der Waals surface area contributed by atoms with E-state index in [1.54, 1.807) is 6.92 Å². The third-order valence-corrected chi connectivity index (χ3v) is 3.97. The number of rotatable bonds is 6. The van der Waals surface area contributed by atoms with Crippen molar-refractivity contribution in [1.82, 2.24) is 15.3 Å². The molecule has 0 saturated heterocycles. The molecule has 28 heavy (non-hydrogen) atoms. The van der Waals surface area contributed by atoms with Crippen molar-refractivity contribution in [2.24, 2.45) is 0 Å². The van der Waals surface area contributed by atoms with Gasteiger partial charge in [-0.25, -0.2) is 13.4 Å². The molecule has 0 bridgehead atoms. The number of aromatic nitrogens is 2. The Bertz CT molecular complexity index is 1200. The summed E-state index contributed by atoms with van der Waals surface area (Å²) in [5, 5.41) is 3.53. The lowest BCUT2D eigenvalue weighted by Gasteiger charge is -2.19. The maximum atomic E-state index is 12.9. The Hall–Kier alpha value is -2.74. The van der Waals surface area contributed by atoms with Crippen LogP contribution >= 0.6 is 0 Å². The number of sulfone groups is 1. The lowest BCUT2D eigenvalue weighted by Crippen LogP contribution is -2.32. The number of ether oxygens (including phenoxy) is 1. The fourth-order valence-electron chi connectivity index (χ4n) is 1.94. The highest BCUT2D eigenvalue weighted by molar-refractivity contribution is 7.93. The minimum atomic E-state index is -3.39. The minimum Gasteiger partial charge on any atom is -0.438 e. The van der Waals surface area contributed by atoms with Crippen LogP contribution in [0.4, 0.5) is 0 Å². The van der Waals surface area contributed by atoms with Gasteiger partial charge in [-0.2, -0.15) is 4.98 Å². The number of amides is 1. The van der Waals surface area contributed by atoms with Crippen LogP contribution in [0.5, 0.6) is 11.6 Å². The highest BCUT2D eigenvalue weighted by atomic mass is 32.2. The van der Waals surface area contributed by atoms with Crippen molar-refractivity contribution < 1.29 is 24.8 Å². The van der Waals surface area contributed by atoms with Crippen LogP contribution in [0.2, 0.25) is 0 Å². The number of carbonyl (C=O) groups is 1. The third kappa shape index (κ3) is 6.45. The average Bonchev–Trinajstić information content (AvgIpc) is 2.71. The van der Waals surface area contributed by atoms with E-state index in [2.05, 4.69) is 15.3 Å². The first-order chi connectivity index (χ1) is 15.0. The molecule has 0 radical (unpaired) electrons. The fourth-order valence-corrected chi connectivity index (χ4v) is 2.46. The molecule has 0 aliphatic heterocycles. The van der Waals surface area contributed by atoms with E-state index in [1.165, 1.54) is 12.3 Å². The second kappa shape index (κ2) is 8.52. The van der Waals surface area contributed by atoms with Gasteiger partial charge in [0.15, 0.2) is 9.84 Å². The Morgan fingerprint density at radius 3 is 2.50 bits per heavy atom. The lowest BCUT2D eigenvalue weighted by molar-refractivity contribution is 0.0943. The van der Waals surface area contributed by atoms with Crippen molar-refractivity contribution in [3.05, 3.63) is 59.3 Å². The van der Waals surface area contributed by atoms with E-state index in [0.717, 1.165) is 11.7 Å². The van der Waals surface area contributed by atoms with Crippen molar-refractivity contribution in [2.75, 3.05) is 6.26 Å². The van der Waals surface area contributed by atoms with Crippen molar-refractivity contribution in [1.29, 1.82) is 0 Å². The normalized spacial score (nSPS) is 15.8. The summed E-state index contributed by atoms with van der Waals surface area (Å²) < 4.78 is 67.7. The smallest absolute Gasteiger partial charge is 0.258 e. The zero-order valence-electron chi connectivity index (χ0n) is 21.2. The first-order valence-electron chi connectivity index (χ1n) is 10.8. The van der Waals surface area contributed by atoms with E-state index in [1.807, 2.05) is 20.8 Å². The highest BCUT2D eigenvalue weighted by Gasteiger charge is 2.23. The van der Waals surface area contributed by atoms with Gasteiger partial charge >= 0.3 is 0 Å². The van der Waals surface area contributed by atoms with Gasteiger partial charge in [-0.15, -0.1) is 0 Å². The van der Waals surface area contributed by atoms with Crippen LogP contribution in [0.3, 0.4) is 0 Å². The molecule has 2 rings (SSSR count). The van der Waals surface area contributed by atoms with E-state index in [0.29, 0.717) is 5.82 Å². The molecule has 1 aromatic carbocycles. The van der Waals surface area contributed by atoms with Gasteiger partial charge in [0.05, 0.1) is 6.85 Å². The number of carbonyl (C=O) groups excluding carboxylic acids is 1. The van der Waals surface area contributed by atoms with Crippen LogP contribution in [0.25, 0.3) is 0 Å². The number of nitrogens with one attached hydrogen (secondary N) is 1. The Labute approximate surface area is 172 Å². The second-order valence-electron chi connectivity index (χ2n) is 7.14. The SMILES string of the molecule is [2H]c1c([2H])c([2H])c(Oc2nc(C(C)(C)C)ncc2C(=O)NC(C)C=CS(C)(=O)=O)c([2H])c1[2H]. The summed E-state index contributed by atoms with van der Waals surface area (Å²) >= 11 is 0. The average molecular weight is 409 g/mol. The fraction of sp³-hybridized carbons (Fsp3) is 0.350. The second-order valence-corrected chi connectivity index (χ2v) is 9.07. The molecular weight excluding hydrogens is 378 g/mol. The van der Waals surface area contributed by atoms with E-state index in [9.17, 15) is 13.2 Å². The molecule has 0 aliphatic rings. The van der Waals surface area contributed by atoms with Gasteiger partial charge in [0.2, 0.25) is 5.88 Å². The number of hydrogen-bond acceptors (Lipinski definition) is 6. The zero-order valence-corrected chi connectivity index (χ0v) is 17.1. The molecule has 0 saturated carbocycles. The summed E-state index contributed by atoms with van der Waals surface area (Å²) in [4.78, 5) is 21.3. The summed E-state index contributed by atoms with van der Waals surface area (Å²) in [6, 6.07) is -3.63. The lowest BCUT2D eigenvalue weighted by atomic mass is 9.95. The van der Waals surface area contributed by atoms with Crippen LogP contribution in [-0.4, -0.2) is 36.6 Å². The molecule has 2 aromatic rings. The summed E-state index contributed by atoms with van der Waals surface area (Å²) in [6.45, 7) is 7.04. The maximum absolute atomic E-state index is 12.9.